The van der Waals surface area contributed by atoms with Gasteiger partial charge in [0, 0.05) is 4.88 Å². The molecule has 0 spiro atoms. The third-order valence-corrected chi connectivity index (χ3v) is 4.88. The van der Waals surface area contributed by atoms with Crippen molar-refractivity contribution in [3.63, 3.8) is 0 Å². The molecule has 1 aromatic heterocycles. The summed E-state index contributed by atoms with van der Waals surface area (Å²) < 4.78 is 0. The van der Waals surface area contributed by atoms with Gasteiger partial charge in [-0.3, -0.25) is 4.79 Å². The lowest BCUT2D eigenvalue weighted by atomic mass is 10.0. The first-order valence-electron chi connectivity index (χ1n) is 6.76. The average molecular weight is 265 g/mol. The van der Waals surface area contributed by atoms with Gasteiger partial charge in [0.1, 0.15) is 0 Å². The molecule has 0 atom stereocenters. The zero-order valence-corrected chi connectivity index (χ0v) is 11.3. The number of aryl methyl sites for hydroxylation is 2. The lowest BCUT2D eigenvalue weighted by Gasteiger charge is -2.06. The van der Waals surface area contributed by atoms with Gasteiger partial charge in [-0.1, -0.05) is 12.8 Å². The molecule has 0 unspecified atom stereocenters. The Morgan fingerprint density at radius 1 is 1.22 bits per heavy atom. The lowest BCUT2D eigenvalue weighted by molar-refractivity contribution is -0.118. The Balaban J connectivity index is 1.73. The van der Waals surface area contributed by atoms with Crippen LogP contribution in [0.1, 0.15) is 49.1 Å². The van der Waals surface area contributed by atoms with Crippen LogP contribution in [-0.4, -0.2) is 16.4 Å². The molecule has 2 aliphatic carbocycles. The van der Waals surface area contributed by atoms with Crippen molar-refractivity contribution in [2.75, 3.05) is 5.32 Å². The highest BCUT2D eigenvalue weighted by atomic mass is 32.1. The van der Waals surface area contributed by atoms with E-state index in [1.54, 1.807) is 11.3 Å². The fourth-order valence-corrected chi connectivity index (χ4v) is 3.39. The van der Waals surface area contributed by atoms with E-state index in [-0.39, 0.29) is 5.91 Å². The van der Waals surface area contributed by atoms with E-state index >= 15 is 0 Å². The molecule has 1 saturated carbocycles. The molecule has 3 rings (SSSR count). The van der Waals surface area contributed by atoms with E-state index < -0.39 is 5.54 Å². The number of nitrogens with one attached hydrogen (secondary N) is 1. The maximum Gasteiger partial charge on any atom is 0.246 e. The maximum atomic E-state index is 11.9. The summed E-state index contributed by atoms with van der Waals surface area (Å²) in [5.41, 5.74) is 6.46. The van der Waals surface area contributed by atoms with Crippen LogP contribution in [-0.2, 0) is 17.6 Å². The predicted octanol–water partition coefficient (Wildman–Crippen LogP) is 2.23. The molecule has 1 fully saturated rings. The van der Waals surface area contributed by atoms with Gasteiger partial charge in [-0.25, -0.2) is 4.98 Å². The number of hydrogen-bond acceptors (Lipinski definition) is 4. The highest BCUT2D eigenvalue weighted by molar-refractivity contribution is 7.15. The summed E-state index contributed by atoms with van der Waals surface area (Å²) >= 11 is 1.63. The molecule has 4 nitrogen and oxygen atoms in total. The second-order valence-corrected chi connectivity index (χ2v) is 6.50. The largest absolute Gasteiger partial charge is 0.317 e. The van der Waals surface area contributed by atoms with Gasteiger partial charge in [0.15, 0.2) is 5.13 Å². The summed E-state index contributed by atoms with van der Waals surface area (Å²) in [5.74, 6) is -0.0655. The number of hydrogen-bond donors (Lipinski definition) is 2. The number of nitrogens with two attached hydrogens (primary N) is 1. The van der Waals surface area contributed by atoms with Gasteiger partial charge < -0.3 is 11.1 Å². The second-order valence-electron chi connectivity index (χ2n) is 5.41. The molecule has 1 aromatic rings. The number of aromatic nitrogens is 1. The molecule has 2 aliphatic rings. The third-order valence-electron chi connectivity index (χ3n) is 3.81. The van der Waals surface area contributed by atoms with Gasteiger partial charge in [-0.05, 0) is 38.5 Å². The predicted molar refractivity (Wildman–Crippen MR) is 72.8 cm³/mol. The number of anilines is 1. The van der Waals surface area contributed by atoms with Crippen LogP contribution in [0.5, 0.6) is 0 Å². The van der Waals surface area contributed by atoms with E-state index in [1.807, 2.05) is 0 Å². The Kier molecular flexibility index (Phi) is 3.11. The monoisotopic (exact) mass is 265 g/mol. The zero-order chi connectivity index (χ0) is 12.6. The van der Waals surface area contributed by atoms with Crippen LogP contribution in [0.25, 0.3) is 0 Å². The summed E-state index contributed by atoms with van der Waals surface area (Å²) in [7, 11) is 0. The van der Waals surface area contributed by atoms with Crippen molar-refractivity contribution in [2.45, 2.75) is 56.9 Å². The molecule has 5 heteroatoms. The van der Waals surface area contributed by atoms with Gasteiger partial charge in [0.2, 0.25) is 5.91 Å². The first-order valence-corrected chi connectivity index (χ1v) is 7.58. The Labute approximate surface area is 111 Å². The number of nitrogens with zero attached hydrogens (tertiary/aromatic N) is 1. The van der Waals surface area contributed by atoms with E-state index in [2.05, 4.69) is 10.3 Å². The zero-order valence-electron chi connectivity index (χ0n) is 10.5. The molecule has 0 saturated heterocycles. The number of carbonyl (C=O) groups excluding carboxylic acids is 1. The first kappa shape index (κ1) is 12.1. The Morgan fingerprint density at radius 2 is 1.94 bits per heavy atom. The van der Waals surface area contributed by atoms with E-state index in [1.165, 1.54) is 36.3 Å². The Morgan fingerprint density at radius 3 is 2.67 bits per heavy atom. The molecule has 1 amide bonds. The van der Waals surface area contributed by atoms with Crippen molar-refractivity contribution in [3.8, 4) is 0 Å². The van der Waals surface area contributed by atoms with Crippen LogP contribution in [0.3, 0.4) is 0 Å². The van der Waals surface area contributed by atoms with Crippen molar-refractivity contribution in [1.82, 2.24) is 4.98 Å². The molecule has 0 bridgehead atoms. The minimum absolute atomic E-state index is 0.0655. The van der Waals surface area contributed by atoms with E-state index in [9.17, 15) is 4.79 Å². The van der Waals surface area contributed by atoms with Crippen molar-refractivity contribution >= 4 is 22.4 Å². The van der Waals surface area contributed by atoms with Gasteiger partial charge in [0.05, 0.1) is 11.2 Å². The number of amides is 1. The molecule has 0 aromatic carbocycles. The molecular formula is C13H19N3OS. The van der Waals surface area contributed by atoms with Gasteiger partial charge >= 0.3 is 0 Å². The Bertz CT molecular complexity index is 439. The van der Waals surface area contributed by atoms with E-state index in [0.29, 0.717) is 0 Å². The second kappa shape index (κ2) is 4.63. The lowest BCUT2D eigenvalue weighted by Crippen LogP contribution is -2.37. The molecular weight excluding hydrogens is 246 g/mol. The van der Waals surface area contributed by atoms with Crippen molar-refractivity contribution in [2.24, 2.45) is 5.73 Å². The maximum absolute atomic E-state index is 11.9. The summed E-state index contributed by atoms with van der Waals surface area (Å²) in [6.45, 7) is 0. The molecule has 3 N–H and O–H groups in total. The standard InChI is InChI=1S/C13H19N3OS/c14-13(7-8-13)11(17)16-12-15-9-5-3-1-2-4-6-10(9)18-12/h1-8,14H2,(H,15,16,17). The van der Waals surface area contributed by atoms with Gasteiger partial charge in [-0.15, -0.1) is 11.3 Å². The smallest absolute Gasteiger partial charge is 0.246 e. The van der Waals surface area contributed by atoms with Crippen molar-refractivity contribution < 1.29 is 4.79 Å². The number of rotatable bonds is 2. The number of thiazole rings is 1. The van der Waals surface area contributed by atoms with E-state index in [0.717, 1.165) is 30.8 Å². The molecule has 18 heavy (non-hydrogen) atoms. The van der Waals surface area contributed by atoms with Crippen LogP contribution >= 0.6 is 11.3 Å². The molecule has 0 aliphatic heterocycles. The topological polar surface area (TPSA) is 68.0 Å². The SMILES string of the molecule is NC1(C(=O)Nc2nc3c(s2)CCCCCC3)CC1. The minimum Gasteiger partial charge on any atom is -0.317 e. The van der Waals surface area contributed by atoms with Crippen LogP contribution in [0, 0.1) is 0 Å². The summed E-state index contributed by atoms with van der Waals surface area (Å²) in [6.07, 6.45) is 8.81. The van der Waals surface area contributed by atoms with Crippen LogP contribution in [0.2, 0.25) is 0 Å². The third kappa shape index (κ3) is 2.42. The molecule has 0 radical (unpaired) electrons. The van der Waals surface area contributed by atoms with Gasteiger partial charge in [-0.2, -0.15) is 0 Å². The van der Waals surface area contributed by atoms with Crippen LogP contribution in [0.4, 0.5) is 5.13 Å². The number of carbonyl (C=O) groups is 1. The summed E-state index contributed by atoms with van der Waals surface area (Å²) in [5, 5.41) is 3.63. The van der Waals surface area contributed by atoms with Gasteiger partial charge in [0.25, 0.3) is 0 Å². The average Bonchev–Trinajstić information content (AvgIpc) is 2.96. The minimum atomic E-state index is -0.611. The highest BCUT2D eigenvalue weighted by Crippen LogP contribution is 2.34. The summed E-state index contributed by atoms with van der Waals surface area (Å²) in [4.78, 5) is 17.8. The molecule has 98 valence electrons. The summed E-state index contributed by atoms with van der Waals surface area (Å²) in [6, 6.07) is 0. The van der Waals surface area contributed by atoms with E-state index in [4.69, 9.17) is 5.73 Å². The van der Waals surface area contributed by atoms with Crippen LogP contribution < -0.4 is 11.1 Å². The first-order chi connectivity index (χ1) is 8.67. The fourth-order valence-electron chi connectivity index (χ4n) is 2.34. The van der Waals surface area contributed by atoms with Crippen molar-refractivity contribution in [1.29, 1.82) is 0 Å². The fraction of sp³-hybridized carbons (Fsp3) is 0.692. The molecule has 1 heterocycles. The van der Waals surface area contributed by atoms with Crippen molar-refractivity contribution in [3.05, 3.63) is 10.6 Å². The highest BCUT2D eigenvalue weighted by Gasteiger charge is 2.46. The quantitative estimate of drug-likeness (QED) is 0.861. The normalized spacial score (nSPS) is 21.6. The van der Waals surface area contributed by atoms with Crippen LogP contribution in [0.15, 0.2) is 0 Å². The Hall–Kier alpha value is -0.940. The number of fused-ring (bicyclic) bond motifs is 1.